The fourth-order valence-electron chi connectivity index (χ4n) is 3.62. The number of rotatable bonds is 6. The number of nitrogens with one attached hydrogen (secondary N) is 1. The van der Waals surface area contributed by atoms with E-state index in [1.165, 1.54) is 0 Å². The lowest BCUT2D eigenvalue weighted by Crippen LogP contribution is -2.16. The van der Waals surface area contributed by atoms with Gasteiger partial charge in [0.15, 0.2) is 17.0 Å². The molecule has 0 saturated carbocycles. The monoisotopic (exact) mass is 576 g/mol. The van der Waals surface area contributed by atoms with Crippen molar-refractivity contribution in [3.63, 3.8) is 0 Å². The lowest BCUT2D eigenvalue weighted by atomic mass is 10.1. The highest BCUT2D eigenvalue weighted by atomic mass is 35.5. The third kappa shape index (κ3) is 5.15. The molecule has 4 heterocycles. The fraction of sp³-hybridized carbons (Fsp3) is 0.120. The molecule has 38 heavy (non-hydrogen) atoms. The Hall–Kier alpha value is -3.74. The van der Waals surface area contributed by atoms with Crippen LogP contribution in [0.25, 0.3) is 26.7 Å². The first-order valence-electron chi connectivity index (χ1n) is 11.1. The number of amides is 1. The number of alkyl halides is 3. The molecule has 5 aromatic rings. The average Bonchev–Trinajstić information content (AvgIpc) is 3.61. The number of halogens is 4. The minimum atomic E-state index is -4.77. The number of hydrogen-bond donors (Lipinski definition) is 1. The number of carbonyl (C=O) groups is 2. The molecule has 13 heteroatoms. The Morgan fingerprint density at radius 1 is 1.05 bits per heavy atom. The molecule has 1 aromatic carbocycles. The number of thiophene rings is 2. The third-order valence-electron chi connectivity index (χ3n) is 5.29. The summed E-state index contributed by atoms with van der Waals surface area (Å²) in [6.07, 6.45) is -4.77. The first-order valence-corrected chi connectivity index (χ1v) is 13.1. The van der Waals surface area contributed by atoms with Gasteiger partial charge in [-0.15, -0.1) is 22.7 Å². The van der Waals surface area contributed by atoms with Crippen molar-refractivity contribution < 1.29 is 27.5 Å². The molecule has 4 aromatic heterocycles. The number of esters is 1. The number of carbonyl (C=O) groups excluding carboxylic acids is 2. The van der Waals surface area contributed by atoms with E-state index >= 15 is 0 Å². The van der Waals surface area contributed by atoms with E-state index in [4.69, 9.17) is 16.3 Å². The Morgan fingerprint density at radius 2 is 1.82 bits per heavy atom. The molecule has 0 aliphatic heterocycles. The van der Waals surface area contributed by atoms with Crippen LogP contribution < -0.4 is 5.32 Å². The van der Waals surface area contributed by atoms with Crippen LogP contribution in [0.2, 0.25) is 4.34 Å². The number of nitrogens with zero attached hydrogens (tertiary/aromatic N) is 3. The van der Waals surface area contributed by atoms with E-state index in [1.54, 1.807) is 25.1 Å². The smallest absolute Gasteiger partial charge is 0.433 e. The third-order valence-corrected chi connectivity index (χ3v) is 7.64. The number of benzene rings is 1. The zero-order chi connectivity index (χ0) is 27.0. The molecule has 0 spiro atoms. The molecule has 0 saturated heterocycles. The molecular weight excluding hydrogens is 561 g/mol. The van der Waals surface area contributed by atoms with Crippen LogP contribution in [0, 0.1) is 0 Å². The lowest BCUT2D eigenvalue weighted by Gasteiger charge is -2.10. The highest BCUT2D eigenvalue weighted by Crippen LogP contribution is 2.37. The molecule has 0 bridgehead atoms. The van der Waals surface area contributed by atoms with Gasteiger partial charge in [-0.3, -0.25) is 4.79 Å². The van der Waals surface area contributed by atoms with Crippen LogP contribution in [0.3, 0.4) is 0 Å². The van der Waals surface area contributed by atoms with E-state index in [0.717, 1.165) is 40.4 Å². The lowest BCUT2D eigenvalue weighted by molar-refractivity contribution is -0.142. The van der Waals surface area contributed by atoms with Crippen molar-refractivity contribution in [3.05, 3.63) is 82.0 Å². The van der Waals surface area contributed by atoms with E-state index in [-0.39, 0.29) is 34.2 Å². The summed E-state index contributed by atoms with van der Waals surface area (Å²) in [7, 11) is 0. The SMILES string of the molecule is CCOC(=O)c1cc(-c2ccccc2)sc1NC(=O)c1cc2nc(-c3ccc(Cl)s3)cc(C(F)(F)F)n2n1. The van der Waals surface area contributed by atoms with Crippen LogP contribution in [0.1, 0.15) is 33.5 Å². The summed E-state index contributed by atoms with van der Waals surface area (Å²) in [4.78, 5) is 31.1. The minimum absolute atomic E-state index is 0.0453. The number of anilines is 1. The first kappa shape index (κ1) is 25.9. The summed E-state index contributed by atoms with van der Waals surface area (Å²) in [5, 5.41) is 6.67. The molecule has 5 rings (SSSR count). The van der Waals surface area contributed by atoms with Crippen molar-refractivity contribution in [2.45, 2.75) is 13.1 Å². The minimum Gasteiger partial charge on any atom is -0.462 e. The van der Waals surface area contributed by atoms with Gasteiger partial charge in [-0.05, 0) is 36.8 Å². The second-order valence-corrected chi connectivity index (χ2v) is 10.6. The van der Waals surface area contributed by atoms with Crippen LogP contribution in [0.4, 0.5) is 18.2 Å². The predicted octanol–water partition coefficient (Wildman–Crippen LogP) is 7.29. The maximum atomic E-state index is 13.9. The number of hydrogen-bond acceptors (Lipinski definition) is 7. The number of aromatic nitrogens is 3. The van der Waals surface area contributed by atoms with Gasteiger partial charge in [0.25, 0.3) is 5.91 Å². The topological polar surface area (TPSA) is 85.6 Å². The van der Waals surface area contributed by atoms with Gasteiger partial charge in [-0.1, -0.05) is 41.9 Å². The van der Waals surface area contributed by atoms with Crippen LogP contribution in [-0.4, -0.2) is 33.1 Å². The largest absolute Gasteiger partial charge is 0.462 e. The van der Waals surface area contributed by atoms with E-state index in [2.05, 4.69) is 15.4 Å². The molecule has 0 aliphatic rings. The second-order valence-electron chi connectivity index (χ2n) is 7.82. The molecule has 7 nitrogen and oxygen atoms in total. The van der Waals surface area contributed by atoms with Crippen molar-refractivity contribution in [2.24, 2.45) is 0 Å². The normalized spacial score (nSPS) is 11.6. The Balaban J connectivity index is 1.54. The first-order chi connectivity index (χ1) is 18.1. The van der Waals surface area contributed by atoms with Crippen LogP contribution in [0.5, 0.6) is 0 Å². The van der Waals surface area contributed by atoms with Crippen molar-refractivity contribution in [2.75, 3.05) is 11.9 Å². The maximum Gasteiger partial charge on any atom is 0.433 e. The number of ether oxygens (including phenoxy) is 1. The maximum absolute atomic E-state index is 13.9. The summed E-state index contributed by atoms with van der Waals surface area (Å²) in [6, 6.07) is 15.9. The van der Waals surface area contributed by atoms with Crippen LogP contribution >= 0.6 is 34.3 Å². The van der Waals surface area contributed by atoms with E-state index in [0.29, 0.717) is 18.6 Å². The van der Waals surface area contributed by atoms with Gasteiger partial charge in [0, 0.05) is 10.9 Å². The molecular formula is C25H16ClF3N4O3S2. The van der Waals surface area contributed by atoms with Gasteiger partial charge >= 0.3 is 12.1 Å². The van der Waals surface area contributed by atoms with E-state index < -0.39 is 23.7 Å². The fourth-order valence-corrected chi connectivity index (χ4v) is 5.67. The van der Waals surface area contributed by atoms with Gasteiger partial charge < -0.3 is 10.1 Å². The van der Waals surface area contributed by atoms with Crippen molar-refractivity contribution >= 4 is 56.8 Å². The van der Waals surface area contributed by atoms with Gasteiger partial charge in [-0.2, -0.15) is 18.3 Å². The standard InChI is InChI=1S/C25H16ClF3N4O3S2/c1-2-36-24(35)14-10-18(13-6-4-3-5-7-13)38-23(14)31-22(34)16-12-21-30-15(17-8-9-20(26)37-17)11-19(25(27,28)29)33(21)32-16/h3-12H,2H2,1H3,(H,31,34). The Morgan fingerprint density at radius 3 is 2.47 bits per heavy atom. The molecule has 1 amide bonds. The Bertz CT molecular complexity index is 1660. The summed E-state index contributed by atoms with van der Waals surface area (Å²) in [6.45, 7) is 1.78. The van der Waals surface area contributed by atoms with Crippen molar-refractivity contribution in [3.8, 4) is 21.0 Å². The van der Waals surface area contributed by atoms with Crippen molar-refractivity contribution in [1.82, 2.24) is 14.6 Å². The summed E-state index contributed by atoms with van der Waals surface area (Å²) in [5.74, 6) is -1.45. The van der Waals surface area contributed by atoms with Crippen LogP contribution in [-0.2, 0) is 10.9 Å². The van der Waals surface area contributed by atoms with Gasteiger partial charge in [0.2, 0.25) is 0 Å². The molecule has 1 N–H and O–H groups in total. The molecule has 194 valence electrons. The van der Waals surface area contributed by atoms with Crippen LogP contribution in [0.15, 0.2) is 60.7 Å². The summed E-state index contributed by atoms with van der Waals surface area (Å²) >= 11 is 8.15. The average molecular weight is 577 g/mol. The van der Waals surface area contributed by atoms with Gasteiger partial charge in [0.1, 0.15) is 5.00 Å². The quantitative estimate of drug-likeness (QED) is 0.215. The Labute approximate surface area is 226 Å². The second kappa shape index (κ2) is 10.2. The summed E-state index contributed by atoms with van der Waals surface area (Å²) in [5.41, 5.74) is -0.602. The highest BCUT2D eigenvalue weighted by molar-refractivity contribution is 7.20. The zero-order valence-corrected chi connectivity index (χ0v) is 21.8. The van der Waals surface area contributed by atoms with Gasteiger partial charge in [-0.25, -0.2) is 14.3 Å². The van der Waals surface area contributed by atoms with Crippen molar-refractivity contribution in [1.29, 1.82) is 0 Å². The zero-order valence-electron chi connectivity index (χ0n) is 19.4. The van der Waals surface area contributed by atoms with Gasteiger partial charge in [0.05, 0.1) is 27.1 Å². The highest BCUT2D eigenvalue weighted by Gasteiger charge is 2.36. The Kier molecular flexibility index (Phi) is 6.95. The molecule has 0 atom stereocenters. The molecule has 0 radical (unpaired) electrons. The predicted molar refractivity (Wildman–Crippen MR) is 140 cm³/mol. The number of fused-ring (bicyclic) bond motifs is 1. The van der Waals surface area contributed by atoms with E-state index in [1.807, 2.05) is 30.3 Å². The van der Waals surface area contributed by atoms with E-state index in [9.17, 15) is 22.8 Å². The molecule has 0 aliphatic carbocycles. The molecule has 0 unspecified atom stereocenters. The molecule has 0 fully saturated rings. The summed E-state index contributed by atoms with van der Waals surface area (Å²) < 4.78 is 47.8.